The van der Waals surface area contributed by atoms with Gasteiger partial charge in [-0.1, -0.05) is 32.6 Å². The second kappa shape index (κ2) is 10.8. The quantitative estimate of drug-likeness (QED) is 0.608. The monoisotopic (exact) mass is 256 g/mol. The van der Waals surface area contributed by atoms with E-state index in [0.717, 1.165) is 12.5 Å². The Balaban J connectivity index is 1.93. The lowest BCUT2D eigenvalue weighted by Gasteiger charge is -2.27. The number of methoxy groups -OCH3 is 1. The molecule has 0 aromatic rings. The van der Waals surface area contributed by atoms with Gasteiger partial charge in [-0.25, -0.2) is 0 Å². The normalized spacial score (nSPS) is 19.0. The van der Waals surface area contributed by atoms with Crippen LogP contribution in [0.1, 0.15) is 45.4 Å². The molecule has 0 aliphatic carbocycles. The summed E-state index contributed by atoms with van der Waals surface area (Å²) in [5.41, 5.74) is 0. The molecule has 1 heterocycles. The zero-order valence-corrected chi connectivity index (χ0v) is 12.4. The third-order valence-corrected chi connectivity index (χ3v) is 4.10. The number of piperazine rings is 1. The van der Waals surface area contributed by atoms with Crippen LogP contribution in [0.25, 0.3) is 0 Å². The number of hydrogen-bond acceptors (Lipinski definition) is 3. The van der Waals surface area contributed by atoms with Gasteiger partial charge < -0.3 is 15.0 Å². The van der Waals surface area contributed by atoms with Gasteiger partial charge in [0.2, 0.25) is 0 Å². The molecular formula is C15H32N2O. The van der Waals surface area contributed by atoms with Crippen molar-refractivity contribution in [1.29, 1.82) is 0 Å². The van der Waals surface area contributed by atoms with Crippen molar-refractivity contribution < 1.29 is 4.74 Å². The molecule has 3 heteroatoms. The smallest absolute Gasteiger partial charge is 0.0464 e. The predicted molar refractivity (Wildman–Crippen MR) is 78.1 cm³/mol. The van der Waals surface area contributed by atoms with E-state index in [4.69, 9.17) is 4.74 Å². The van der Waals surface area contributed by atoms with Gasteiger partial charge in [-0.3, -0.25) is 0 Å². The van der Waals surface area contributed by atoms with Gasteiger partial charge >= 0.3 is 0 Å². The zero-order chi connectivity index (χ0) is 13.1. The molecule has 0 spiro atoms. The van der Waals surface area contributed by atoms with Gasteiger partial charge in [0, 0.05) is 39.9 Å². The largest absolute Gasteiger partial charge is 0.385 e. The molecule has 0 bridgehead atoms. The zero-order valence-electron chi connectivity index (χ0n) is 12.4. The Kier molecular flexibility index (Phi) is 9.54. The molecule has 0 unspecified atom stereocenters. The summed E-state index contributed by atoms with van der Waals surface area (Å²) in [7, 11) is 1.81. The van der Waals surface area contributed by atoms with Crippen LogP contribution in [0.15, 0.2) is 0 Å². The number of nitrogens with one attached hydrogen (secondary N) is 1. The maximum absolute atomic E-state index is 5.17. The Hall–Kier alpha value is -0.120. The molecule has 0 amide bonds. The van der Waals surface area contributed by atoms with Crippen LogP contribution >= 0.6 is 0 Å². The maximum atomic E-state index is 5.17. The van der Waals surface area contributed by atoms with Gasteiger partial charge in [-0.15, -0.1) is 0 Å². The highest BCUT2D eigenvalue weighted by molar-refractivity contribution is 4.67. The molecule has 0 aromatic carbocycles. The summed E-state index contributed by atoms with van der Waals surface area (Å²) < 4.78 is 5.17. The first kappa shape index (κ1) is 15.9. The Morgan fingerprint density at radius 3 is 2.56 bits per heavy atom. The average molecular weight is 256 g/mol. The van der Waals surface area contributed by atoms with Crippen LogP contribution in [0.5, 0.6) is 0 Å². The standard InChI is InChI=1S/C15H32N2O/c1-3-15(8-14-18-2)7-5-4-6-11-17-12-9-16-10-13-17/h15-16H,3-14H2,1-2H3/t15-/m1/s1. The fourth-order valence-corrected chi connectivity index (χ4v) is 2.72. The van der Waals surface area contributed by atoms with Crippen molar-refractivity contribution in [1.82, 2.24) is 10.2 Å². The molecule has 108 valence electrons. The van der Waals surface area contributed by atoms with E-state index in [1.807, 2.05) is 0 Å². The van der Waals surface area contributed by atoms with Crippen molar-refractivity contribution in [3.05, 3.63) is 0 Å². The highest BCUT2D eigenvalue weighted by atomic mass is 16.5. The third kappa shape index (κ3) is 7.34. The van der Waals surface area contributed by atoms with E-state index in [9.17, 15) is 0 Å². The maximum Gasteiger partial charge on any atom is 0.0464 e. The number of unbranched alkanes of at least 4 members (excludes halogenated alkanes) is 2. The van der Waals surface area contributed by atoms with Crippen LogP contribution in [-0.4, -0.2) is 51.3 Å². The van der Waals surface area contributed by atoms with Gasteiger partial charge in [0.25, 0.3) is 0 Å². The summed E-state index contributed by atoms with van der Waals surface area (Å²) in [5.74, 6) is 0.879. The van der Waals surface area contributed by atoms with E-state index in [1.165, 1.54) is 71.2 Å². The topological polar surface area (TPSA) is 24.5 Å². The summed E-state index contributed by atoms with van der Waals surface area (Å²) in [4.78, 5) is 2.60. The lowest BCUT2D eigenvalue weighted by molar-refractivity contribution is 0.172. The van der Waals surface area contributed by atoms with Crippen molar-refractivity contribution in [3.8, 4) is 0 Å². The Morgan fingerprint density at radius 2 is 1.89 bits per heavy atom. The molecule has 18 heavy (non-hydrogen) atoms. The molecule has 1 fully saturated rings. The molecule has 1 N–H and O–H groups in total. The summed E-state index contributed by atoms with van der Waals surface area (Å²) in [6.07, 6.45) is 8.11. The minimum atomic E-state index is 0.879. The lowest BCUT2D eigenvalue weighted by atomic mass is 9.95. The van der Waals surface area contributed by atoms with Gasteiger partial charge in [0.15, 0.2) is 0 Å². The summed E-state index contributed by atoms with van der Waals surface area (Å²) in [6.45, 7) is 9.37. The van der Waals surface area contributed by atoms with Gasteiger partial charge in [0.1, 0.15) is 0 Å². The molecule has 1 saturated heterocycles. The minimum Gasteiger partial charge on any atom is -0.385 e. The highest BCUT2D eigenvalue weighted by Crippen LogP contribution is 2.17. The second-order valence-electron chi connectivity index (χ2n) is 5.50. The molecule has 1 atom stereocenters. The second-order valence-corrected chi connectivity index (χ2v) is 5.50. The van der Waals surface area contributed by atoms with E-state index < -0.39 is 0 Å². The summed E-state index contributed by atoms with van der Waals surface area (Å²) in [5, 5.41) is 3.40. The molecule has 0 radical (unpaired) electrons. The number of ether oxygens (including phenoxy) is 1. The van der Waals surface area contributed by atoms with Crippen LogP contribution in [0.3, 0.4) is 0 Å². The van der Waals surface area contributed by atoms with Crippen LogP contribution in [0.4, 0.5) is 0 Å². The summed E-state index contributed by atoms with van der Waals surface area (Å²) >= 11 is 0. The van der Waals surface area contributed by atoms with Crippen LogP contribution in [0.2, 0.25) is 0 Å². The SMILES string of the molecule is CC[C@H](CCCCCN1CCNCC1)CCOC. The van der Waals surface area contributed by atoms with E-state index in [-0.39, 0.29) is 0 Å². The van der Waals surface area contributed by atoms with Gasteiger partial charge in [0.05, 0.1) is 0 Å². The van der Waals surface area contributed by atoms with E-state index in [1.54, 1.807) is 7.11 Å². The Morgan fingerprint density at radius 1 is 1.11 bits per heavy atom. The predicted octanol–water partition coefficient (Wildman–Crippen LogP) is 2.51. The third-order valence-electron chi connectivity index (χ3n) is 4.10. The van der Waals surface area contributed by atoms with E-state index >= 15 is 0 Å². The fourth-order valence-electron chi connectivity index (χ4n) is 2.72. The lowest BCUT2D eigenvalue weighted by Crippen LogP contribution is -2.43. The Bertz CT molecular complexity index is 181. The fraction of sp³-hybridized carbons (Fsp3) is 1.00. The van der Waals surface area contributed by atoms with Crippen LogP contribution in [-0.2, 0) is 4.74 Å². The first-order valence-electron chi connectivity index (χ1n) is 7.78. The van der Waals surface area contributed by atoms with Crippen molar-refractivity contribution in [3.63, 3.8) is 0 Å². The minimum absolute atomic E-state index is 0.879. The first-order valence-corrected chi connectivity index (χ1v) is 7.78. The number of hydrogen-bond donors (Lipinski definition) is 1. The van der Waals surface area contributed by atoms with E-state index in [0.29, 0.717) is 0 Å². The molecule has 1 aliphatic heterocycles. The van der Waals surface area contributed by atoms with Crippen LogP contribution in [0, 0.1) is 5.92 Å². The van der Waals surface area contributed by atoms with Gasteiger partial charge in [-0.05, 0) is 25.3 Å². The molecule has 1 rings (SSSR count). The Labute approximate surface area is 113 Å². The molecule has 3 nitrogen and oxygen atoms in total. The van der Waals surface area contributed by atoms with Crippen molar-refractivity contribution in [2.45, 2.75) is 45.4 Å². The van der Waals surface area contributed by atoms with Crippen LogP contribution < -0.4 is 5.32 Å². The van der Waals surface area contributed by atoms with Crippen molar-refractivity contribution >= 4 is 0 Å². The average Bonchev–Trinajstić information content (AvgIpc) is 2.43. The summed E-state index contributed by atoms with van der Waals surface area (Å²) in [6, 6.07) is 0. The van der Waals surface area contributed by atoms with Gasteiger partial charge in [-0.2, -0.15) is 0 Å². The number of nitrogens with zero attached hydrogens (tertiary/aromatic N) is 1. The van der Waals surface area contributed by atoms with Crippen molar-refractivity contribution in [2.75, 3.05) is 46.4 Å². The van der Waals surface area contributed by atoms with E-state index in [2.05, 4.69) is 17.1 Å². The number of rotatable bonds is 10. The molecule has 1 aliphatic rings. The van der Waals surface area contributed by atoms with Crippen molar-refractivity contribution in [2.24, 2.45) is 5.92 Å². The molecular weight excluding hydrogens is 224 g/mol. The highest BCUT2D eigenvalue weighted by Gasteiger charge is 2.09. The first-order chi connectivity index (χ1) is 8.86. The molecule has 0 aromatic heterocycles. The molecule has 0 saturated carbocycles.